The molecule has 0 saturated heterocycles. The maximum Gasteiger partial charge on any atom is 0.0516 e. The summed E-state index contributed by atoms with van der Waals surface area (Å²) in [7, 11) is 0. The highest BCUT2D eigenvalue weighted by molar-refractivity contribution is 5.47. The highest BCUT2D eigenvalue weighted by Gasteiger charge is 2.12. The Kier molecular flexibility index (Phi) is 5.23. The molecule has 0 saturated carbocycles. The van der Waals surface area contributed by atoms with Crippen LogP contribution in [0, 0.1) is 5.92 Å². The van der Waals surface area contributed by atoms with Crippen molar-refractivity contribution in [2.45, 2.75) is 39.7 Å². The van der Waals surface area contributed by atoms with Crippen LogP contribution in [0.1, 0.15) is 44.4 Å². The molecular formula is C19H25N. The molecule has 0 aliphatic heterocycles. The Hall–Kier alpha value is -1.76. The summed E-state index contributed by atoms with van der Waals surface area (Å²) < 4.78 is 0. The van der Waals surface area contributed by atoms with E-state index in [0.29, 0.717) is 12.0 Å². The normalized spacial score (nSPS) is 12.4. The lowest BCUT2D eigenvalue weighted by Gasteiger charge is -2.22. The molecule has 0 radical (unpaired) electrons. The van der Waals surface area contributed by atoms with Gasteiger partial charge in [-0.05, 0) is 42.0 Å². The molecule has 0 aliphatic carbocycles. The molecule has 1 atom stereocenters. The second-order valence-corrected chi connectivity index (χ2v) is 5.79. The van der Waals surface area contributed by atoms with E-state index in [1.54, 1.807) is 0 Å². The molecule has 1 unspecified atom stereocenters. The molecule has 0 spiro atoms. The minimum atomic E-state index is 0.378. The highest BCUT2D eigenvalue weighted by Crippen LogP contribution is 2.26. The van der Waals surface area contributed by atoms with E-state index in [1.165, 1.54) is 16.8 Å². The molecule has 0 fully saturated rings. The van der Waals surface area contributed by atoms with Crippen LogP contribution in [0.15, 0.2) is 54.6 Å². The van der Waals surface area contributed by atoms with Crippen molar-refractivity contribution in [2.75, 3.05) is 5.32 Å². The fourth-order valence-electron chi connectivity index (χ4n) is 2.47. The van der Waals surface area contributed by atoms with E-state index in [9.17, 15) is 0 Å². The van der Waals surface area contributed by atoms with Crippen LogP contribution in [0.3, 0.4) is 0 Å². The van der Waals surface area contributed by atoms with Crippen LogP contribution in [0.4, 0.5) is 5.69 Å². The Balaban J connectivity index is 2.14. The number of hydrogen-bond acceptors (Lipinski definition) is 1. The van der Waals surface area contributed by atoms with Crippen molar-refractivity contribution >= 4 is 5.69 Å². The lowest BCUT2D eigenvalue weighted by atomic mass is 9.96. The Morgan fingerprint density at radius 3 is 2.10 bits per heavy atom. The first kappa shape index (κ1) is 14.6. The van der Waals surface area contributed by atoms with E-state index >= 15 is 0 Å². The predicted molar refractivity (Wildman–Crippen MR) is 88.1 cm³/mol. The molecule has 0 aliphatic rings. The first-order valence-corrected chi connectivity index (χ1v) is 7.59. The zero-order valence-corrected chi connectivity index (χ0v) is 12.8. The monoisotopic (exact) mass is 267 g/mol. The maximum atomic E-state index is 3.68. The third kappa shape index (κ3) is 4.12. The van der Waals surface area contributed by atoms with Gasteiger partial charge in [0.2, 0.25) is 0 Å². The van der Waals surface area contributed by atoms with Crippen LogP contribution in [0.5, 0.6) is 0 Å². The number of nitrogens with one attached hydrogen (secondary N) is 1. The van der Waals surface area contributed by atoms with Gasteiger partial charge >= 0.3 is 0 Å². The van der Waals surface area contributed by atoms with Gasteiger partial charge in [-0.1, -0.05) is 63.2 Å². The van der Waals surface area contributed by atoms with Gasteiger partial charge in [-0.2, -0.15) is 0 Å². The average Bonchev–Trinajstić information content (AvgIpc) is 2.48. The molecule has 2 aromatic carbocycles. The van der Waals surface area contributed by atoms with E-state index in [1.807, 2.05) is 0 Å². The summed E-state index contributed by atoms with van der Waals surface area (Å²) in [6.07, 6.45) is 2.23. The second-order valence-electron chi connectivity index (χ2n) is 5.79. The fourth-order valence-corrected chi connectivity index (χ4v) is 2.47. The van der Waals surface area contributed by atoms with Crippen molar-refractivity contribution < 1.29 is 0 Å². The third-order valence-electron chi connectivity index (χ3n) is 3.61. The van der Waals surface area contributed by atoms with Crippen molar-refractivity contribution in [1.29, 1.82) is 0 Å². The molecule has 20 heavy (non-hydrogen) atoms. The van der Waals surface area contributed by atoms with Crippen LogP contribution in [-0.2, 0) is 6.42 Å². The van der Waals surface area contributed by atoms with Crippen LogP contribution < -0.4 is 5.32 Å². The Morgan fingerprint density at radius 1 is 0.900 bits per heavy atom. The minimum Gasteiger partial charge on any atom is -0.378 e. The third-order valence-corrected chi connectivity index (χ3v) is 3.61. The SMILES string of the molecule is CCc1ccc(NC(CC(C)C)c2ccccc2)cc1. The van der Waals surface area contributed by atoms with Gasteiger partial charge in [0.05, 0.1) is 6.04 Å². The first-order valence-electron chi connectivity index (χ1n) is 7.59. The molecule has 0 bridgehead atoms. The van der Waals surface area contributed by atoms with E-state index in [4.69, 9.17) is 0 Å². The van der Waals surface area contributed by atoms with Crippen LogP contribution >= 0.6 is 0 Å². The van der Waals surface area contributed by atoms with Gasteiger partial charge in [0.15, 0.2) is 0 Å². The molecule has 106 valence electrons. The van der Waals surface area contributed by atoms with Crippen molar-refractivity contribution in [2.24, 2.45) is 5.92 Å². The van der Waals surface area contributed by atoms with Gasteiger partial charge in [0.25, 0.3) is 0 Å². The number of hydrogen-bond donors (Lipinski definition) is 1. The lowest BCUT2D eigenvalue weighted by molar-refractivity contribution is 0.531. The summed E-state index contributed by atoms with van der Waals surface area (Å²) in [5, 5.41) is 3.68. The summed E-state index contributed by atoms with van der Waals surface area (Å²) in [6.45, 7) is 6.74. The molecule has 1 N–H and O–H groups in total. The smallest absolute Gasteiger partial charge is 0.0516 e. The summed E-state index contributed by atoms with van der Waals surface area (Å²) in [6, 6.07) is 19.9. The van der Waals surface area contributed by atoms with Gasteiger partial charge in [-0.15, -0.1) is 0 Å². The van der Waals surface area contributed by atoms with Gasteiger partial charge in [-0.25, -0.2) is 0 Å². The van der Waals surface area contributed by atoms with Gasteiger partial charge in [-0.3, -0.25) is 0 Å². The molecular weight excluding hydrogens is 242 g/mol. The Labute approximate surface area is 123 Å². The van der Waals surface area contributed by atoms with Crippen molar-refractivity contribution in [1.82, 2.24) is 0 Å². The Bertz CT molecular complexity index is 499. The van der Waals surface area contributed by atoms with E-state index in [2.05, 4.69) is 80.7 Å². The quantitative estimate of drug-likeness (QED) is 0.734. The van der Waals surface area contributed by atoms with Crippen LogP contribution in [0.2, 0.25) is 0 Å². The van der Waals surface area contributed by atoms with Crippen molar-refractivity contribution in [3.05, 3.63) is 65.7 Å². The minimum absolute atomic E-state index is 0.378. The zero-order valence-electron chi connectivity index (χ0n) is 12.8. The average molecular weight is 267 g/mol. The van der Waals surface area contributed by atoms with E-state index in [0.717, 1.165) is 12.8 Å². The first-order chi connectivity index (χ1) is 9.69. The molecule has 1 nitrogen and oxygen atoms in total. The largest absolute Gasteiger partial charge is 0.378 e. The number of anilines is 1. The van der Waals surface area contributed by atoms with Crippen molar-refractivity contribution in [3.8, 4) is 0 Å². The molecule has 0 heterocycles. The standard InChI is InChI=1S/C19H25N/c1-4-16-10-12-18(13-11-16)20-19(14-15(2)3)17-8-6-5-7-9-17/h5-13,15,19-20H,4,14H2,1-3H3. The van der Waals surface area contributed by atoms with Crippen LogP contribution in [0.25, 0.3) is 0 Å². The van der Waals surface area contributed by atoms with Gasteiger partial charge in [0, 0.05) is 5.69 Å². The highest BCUT2D eigenvalue weighted by atomic mass is 14.9. The van der Waals surface area contributed by atoms with Gasteiger partial charge < -0.3 is 5.32 Å². The summed E-state index contributed by atoms with van der Waals surface area (Å²) >= 11 is 0. The maximum absolute atomic E-state index is 3.68. The molecule has 2 aromatic rings. The van der Waals surface area contributed by atoms with Gasteiger partial charge in [0.1, 0.15) is 0 Å². The second kappa shape index (κ2) is 7.14. The number of benzene rings is 2. The zero-order chi connectivity index (χ0) is 14.4. The molecule has 0 amide bonds. The summed E-state index contributed by atoms with van der Waals surface area (Å²) in [5.41, 5.74) is 3.95. The fraction of sp³-hybridized carbons (Fsp3) is 0.368. The molecule has 1 heteroatoms. The molecule has 2 rings (SSSR count). The topological polar surface area (TPSA) is 12.0 Å². The summed E-state index contributed by atoms with van der Waals surface area (Å²) in [5.74, 6) is 0.669. The predicted octanol–water partition coefficient (Wildman–Crippen LogP) is 5.45. The molecule has 0 aromatic heterocycles. The van der Waals surface area contributed by atoms with E-state index < -0.39 is 0 Å². The number of rotatable bonds is 6. The Morgan fingerprint density at radius 2 is 1.55 bits per heavy atom. The number of aryl methyl sites for hydroxylation is 1. The van der Waals surface area contributed by atoms with Crippen molar-refractivity contribution in [3.63, 3.8) is 0 Å². The van der Waals surface area contributed by atoms with Crippen LogP contribution in [-0.4, -0.2) is 0 Å². The summed E-state index contributed by atoms with van der Waals surface area (Å²) in [4.78, 5) is 0. The van der Waals surface area contributed by atoms with E-state index in [-0.39, 0.29) is 0 Å². The lowest BCUT2D eigenvalue weighted by Crippen LogP contribution is -2.13.